The largest absolute Gasteiger partial charge is 0.461 e. The average Bonchev–Trinajstić information content (AvgIpc) is 3.13. The fourth-order valence-electron chi connectivity index (χ4n) is 4.61. The smallest absolute Gasteiger partial charge is 0.459 e. The lowest BCUT2D eigenvalue weighted by molar-refractivity contribution is -0.204. The first-order valence-corrected chi connectivity index (χ1v) is 14.4. The summed E-state index contributed by atoms with van der Waals surface area (Å²) in [6, 6.07) is 7.85. The van der Waals surface area contributed by atoms with Crippen molar-refractivity contribution in [2.75, 3.05) is 6.61 Å². The Hall–Kier alpha value is -2.83. The Morgan fingerprint density at radius 2 is 1.95 bits per heavy atom. The van der Waals surface area contributed by atoms with E-state index in [1.165, 1.54) is 26.0 Å². The van der Waals surface area contributed by atoms with Crippen molar-refractivity contribution in [3.63, 3.8) is 0 Å². The third-order valence-corrected chi connectivity index (χ3v) is 8.40. The predicted octanol–water partition coefficient (Wildman–Crippen LogP) is 2.79. The number of aliphatic hydroxyl groups excluding tert-OH is 1. The molecule has 1 saturated carbocycles. The van der Waals surface area contributed by atoms with Gasteiger partial charge in [0.15, 0.2) is 0 Å². The zero-order chi connectivity index (χ0) is 28.2. The van der Waals surface area contributed by atoms with Crippen LogP contribution in [0, 0.1) is 5.92 Å². The van der Waals surface area contributed by atoms with E-state index >= 15 is 4.39 Å². The minimum atomic E-state index is -4.45. The van der Waals surface area contributed by atoms with Gasteiger partial charge in [-0.3, -0.25) is 23.7 Å². The van der Waals surface area contributed by atoms with Gasteiger partial charge in [0.05, 0.1) is 0 Å². The summed E-state index contributed by atoms with van der Waals surface area (Å²) >= 11 is 0. The van der Waals surface area contributed by atoms with Crippen molar-refractivity contribution in [3.8, 4) is 5.75 Å². The van der Waals surface area contributed by atoms with E-state index in [4.69, 9.17) is 18.5 Å². The van der Waals surface area contributed by atoms with Crippen LogP contribution in [-0.2, 0) is 23.4 Å². The number of aromatic amines is 1. The topological polar surface area (TPSA) is 158 Å². The van der Waals surface area contributed by atoms with Crippen LogP contribution >= 0.6 is 7.75 Å². The van der Waals surface area contributed by atoms with Gasteiger partial charge in [-0.25, -0.2) is 13.8 Å². The van der Waals surface area contributed by atoms with Gasteiger partial charge in [-0.15, -0.1) is 0 Å². The number of benzene rings is 1. The zero-order valence-electron chi connectivity index (χ0n) is 21.7. The molecular weight excluding hydrogens is 536 g/mol. The highest BCUT2D eigenvalue weighted by Crippen LogP contribution is 2.49. The predicted molar refractivity (Wildman–Crippen MR) is 137 cm³/mol. The maximum atomic E-state index is 15.9. The van der Waals surface area contributed by atoms with Gasteiger partial charge < -0.3 is 19.1 Å². The highest BCUT2D eigenvalue weighted by Gasteiger charge is 2.56. The summed E-state index contributed by atoms with van der Waals surface area (Å²) in [6.45, 7) is 1.78. The fourth-order valence-corrected chi connectivity index (χ4v) is 6.11. The van der Waals surface area contributed by atoms with Crippen LogP contribution in [0.25, 0.3) is 0 Å². The molecule has 1 aromatic carbocycles. The molecule has 3 N–H and O–H groups in total. The molecule has 6 unspecified atom stereocenters. The van der Waals surface area contributed by atoms with Crippen molar-refractivity contribution >= 4 is 13.7 Å². The second-order valence-electron chi connectivity index (χ2n) is 9.84. The van der Waals surface area contributed by atoms with Gasteiger partial charge in [-0.2, -0.15) is 5.09 Å². The van der Waals surface area contributed by atoms with Crippen LogP contribution in [0.1, 0.15) is 52.2 Å². The molecule has 0 bridgehead atoms. The van der Waals surface area contributed by atoms with Crippen LogP contribution in [0.15, 0.2) is 52.2 Å². The summed E-state index contributed by atoms with van der Waals surface area (Å²) in [5, 5.41) is 13.1. The minimum Gasteiger partial charge on any atom is -0.461 e. The van der Waals surface area contributed by atoms with Crippen molar-refractivity contribution < 1.29 is 37.4 Å². The summed E-state index contributed by atoms with van der Waals surface area (Å²) in [4.78, 5) is 38.4. The Kier molecular flexibility index (Phi) is 9.07. The molecule has 2 heterocycles. The van der Waals surface area contributed by atoms with E-state index in [0.717, 1.165) is 48.9 Å². The summed E-state index contributed by atoms with van der Waals surface area (Å²) in [5.74, 6) is -4.43. The number of ether oxygens (including phenoxy) is 2. The maximum absolute atomic E-state index is 15.9. The fraction of sp³-hybridized carbons (Fsp3) is 0.560. The molecule has 2 fully saturated rings. The summed E-state index contributed by atoms with van der Waals surface area (Å²) in [7, 11) is -4.45. The highest BCUT2D eigenvalue weighted by molar-refractivity contribution is 7.52. The molecule has 1 aliphatic heterocycles. The van der Waals surface area contributed by atoms with Gasteiger partial charge in [0.2, 0.25) is 0 Å². The number of nitrogens with one attached hydrogen (secondary N) is 2. The van der Waals surface area contributed by atoms with Crippen LogP contribution in [-0.4, -0.2) is 51.3 Å². The van der Waals surface area contributed by atoms with Gasteiger partial charge in [-0.1, -0.05) is 31.5 Å². The number of nitrogens with zero attached hydrogens (tertiary/aromatic N) is 1. The van der Waals surface area contributed by atoms with Crippen LogP contribution in [0.5, 0.6) is 5.75 Å². The monoisotopic (exact) mass is 569 g/mol. The molecule has 214 valence electrons. The molecule has 0 spiro atoms. The van der Waals surface area contributed by atoms with Crippen LogP contribution in [0.4, 0.5) is 4.39 Å². The number of para-hydroxylation sites is 1. The standard InChI is InChI=1S/C25H33FN3O9P/c1-16-21(31)25(26,37-22(16)29-14-13-20(30)27-24(29)33)15-35-39(34,38-19-11-7-4-8-12-19)28-17(2)23(32)36-18-9-5-3-6-10-18/h4,7-8,11-14,16-18,21-22,31H,3,5-6,9-10,15H2,1-2H3,(H,28,34)(H,27,30,33). The van der Waals surface area contributed by atoms with E-state index in [2.05, 4.69) is 5.09 Å². The van der Waals surface area contributed by atoms with Gasteiger partial charge in [0, 0.05) is 18.2 Å². The molecule has 0 radical (unpaired) electrons. The third kappa shape index (κ3) is 7.03. The number of rotatable bonds is 10. The zero-order valence-corrected chi connectivity index (χ0v) is 22.6. The molecule has 39 heavy (non-hydrogen) atoms. The van der Waals surface area contributed by atoms with Crippen molar-refractivity contribution in [2.45, 2.75) is 76.3 Å². The molecule has 12 nitrogen and oxygen atoms in total. The second-order valence-corrected chi connectivity index (χ2v) is 11.5. The number of aliphatic hydroxyl groups is 1. The van der Waals surface area contributed by atoms with Crippen LogP contribution in [0.3, 0.4) is 0 Å². The Labute approximate surface area is 224 Å². The Balaban J connectivity index is 1.49. The number of hydrogen-bond acceptors (Lipinski definition) is 9. The molecular formula is C25H33FN3O9P. The first-order chi connectivity index (χ1) is 18.5. The number of carbonyl (C=O) groups excluding carboxylic acids is 1. The SMILES string of the molecule is CC(NP(=O)(OCC1(F)OC(n2ccc(=O)[nH]c2=O)C(C)C1O)Oc1ccccc1)C(=O)OC1CCCCC1. The minimum absolute atomic E-state index is 0.119. The molecule has 14 heteroatoms. The second kappa shape index (κ2) is 12.1. The number of hydrogen-bond donors (Lipinski definition) is 3. The first-order valence-electron chi connectivity index (χ1n) is 12.8. The lowest BCUT2D eigenvalue weighted by Gasteiger charge is -2.28. The van der Waals surface area contributed by atoms with Crippen LogP contribution in [0.2, 0.25) is 0 Å². The summed E-state index contributed by atoms with van der Waals surface area (Å²) in [5.41, 5.74) is -1.51. The number of alkyl halides is 1. The molecule has 4 rings (SSSR count). The molecule has 1 aliphatic carbocycles. The van der Waals surface area contributed by atoms with E-state index in [1.54, 1.807) is 18.2 Å². The van der Waals surface area contributed by atoms with Crippen molar-refractivity contribution in [1.82, 2.24) is 14.6 Å². The quantitative estimate of drug-likeness (QED) is 0.287. The van der Waals surface area contributed by atoms with E-state index in [0.29, 0.717) is 0 Å². The molecule has 6 atom stereocenters. The maximum Gasteiger partial charge on any atom is 0.459 e. The van der Waals surface area contributed by atoms with Gasteiger partial charge in [0.25, 0.3) is 11.4 Å². The van der Waals surface area contributed by atoms with Gasteiger partial charge >= 0.3 is 19.4 Å². The number of carbonyl (C=O) groups is 1. The van der Waals surface area contributed by atoms with Crippen molar-refractivity contribution in [3.05, 3.63) is 63.4 Å². The number of H-pyrrole nitrogens is 1. The van der Waals surface area contributed by atoms with Crippen molar-refractivity contribution in [2.24, 2.45) is 5.92 Å². The molecule has 0 amide bonds. The Morgan fingerprint density at radius 1 is 1.26 bits per heavy atom. The summed E-state index contributed by atoms with van der Waals surface area (Å²) in [6.07, 6.45) is 2.22. The van der Waals surface area contributed by atoms with Crippen LogP contribution < -0.4 is 20.9 Å². The molecule has 1 saturated heterocycles. The van der Waals surface area contributed by atoms with E-state index in [9.17, 15) is 24.1 Å². The highest BCUT2D eigenvalue weighted by atomic mass is 31.2. The van der Waals surface area contributed by atoms with Gasteiger partial charge in [0.1, 0.15) is 36.8 Å². The summed E-state index contributed by atoms with van der Waals surface area (Å²) < 4.78 is 52.4. The van der Waals surface area contributed by atoms with Crippen molar-refractivity contribution in [1.29, 1.82) is 0 Å². The molecule has 2 aromatic rings. The molecule has 1 aromatic heterocycles. The van der Waals surface area contributed by atoms with E-state index in [-0.39, 0.29) is 11.9 Å². The molecule has 2 aliphatic rings. The average molecular weight is 570 g/mol. The third-order valence-electron chi connectivity index (χ3n) is 6.77. The van der Waals surface area contributed by atoms with Gasteiger partial charge in [-0.05, 0) is 44.7 Å². The van der Waals surface area contributed by atoms with E-state index < -0.39 is 61.7 Å². The first kappa shape index (κ1) is 29.2. The lowest BCUT2D eigenvalue weighted by atomic mass is 9.98. The lowest BCUT2D eigenvalue weighted by Crippen LogP contribution is -2.42. The Bertz CT molecular complexity index is 1300. The number of halogens is 1. The number of aromatic nitrogens is 2. The Morgan fingerprint density at radius 3 is 2.62 bits per heavy atom. The normalized spacial score (nSPS) is 27.9. The number of esters is 1. The van der Waals surface area contributed by atoms with E-state index in [1.807, 2.05) is 4.98 Å².